The summed E-state index contributed by atoms with van der Waals surface area (Å²) in [5.74, 6) is -0.0146. The van der Waals surface area contributed by atoms with E-state index in [0.29, 0.717) is 16.8 Å². The van der Waals surface area contributed by atoms with Crippen molar-refractivity contribution in [3.05, 3.63) is 101 Å². The van der Waals surface area contributed by atoms with Gasteiger partial charge >= 0.3 is 0 Å². The van der Waals surface area contributed by atoms with Crippen molar-refractivity contribution in [2.24, 2.45) is 0 Å². The Kier molecular flexibility index (Phi) is 4.38. The van der Waals surface area contributed by atoms with Gasteiger partial charge in [-0.15, -0.1) is 5.10 Å². The van der Waals surface area contributed by atoms with Gasteiger partial charge in [0.05, 0.1) is 11.9 Å². The summed E-state index contributed by atoms with van der Waals surface area (Å²) in [6, 6.07) is 23.2. The zero-order valence-electron chi connectivity index (χ0n) is 15.3. The van der Waals surface area contributed by atoms with Crippen LogP contribution in [-0.2, 0) is 0 Å². The van der Waals surface area contributed by atoms with Gasteiger partial charge in [0.25, 0.3) is 0 Å². The first kappa shape index (κ1) is 16.9. The Morgan fingerprint density at radius 3 is 2.41 bits per heavy atom. The van der Waals surface area contributed by atoms with Crippen molar-refractivity contribution in [2.75, 3.05) is 0 Å². The summed E-state index contributed by atoms with van der Waals surface area (Å²) in [7, 11) is 0. The zero-order valence-corrected chi connectivity index (χ0v) is 15.3. The van der Waals surface area contributed by atoms with Crippen LogP contribution in [0.1, 0.15) is 27.0 Å². The van der Waals surface area contributed by atoms with Gasteiger partial charge in [0.1, 0.15) is 5.69 Å². The second-order valence-electron chi connectivity index (χ2n) is 6.63. The number of benzene rings is 3. The summed E-state index contributed by atoms with van der Waals surface area (Å²) in [6.45, 7) is 4.03. The van der Waals surface area contributed by atoms with Gasteiger partial charge in [-0.3, -0.25) is 4.79 Å². The molecule has 0 saturated carbocycles. The molecule has 0 fully saturated rings. The van der Waals surface area contributed by atoms with Crippen LogP contribution >= 0.6 is 0 Å². The molecule has 4 heteroatoms. The quantitative estimate of drug-likeness (QED) is 0.496. The number of hydrogen-bond donors (Lipinski definition) is 0. The summed E-state index contributed by atoms with van der Waals surface area (Å²) in [4.78, 5) is 13.1. The van der Waals surface area contributed by atoms with Crippen LogP contribution in [0.15, 0.2) is 79.0 Å². The highest BCUT2D eigenvalue weighted by atomic mass is 16.1. The molecule has 0 radical (unpaired) electrons. The highest BCUT2D eigenvalue weighted by Gasteiger charge is 2.17. The highest BCUT2D eigenvalue weighted by molar-refractivity contribution is 6.12. The Labute approximate surface area is 158 Å². The van der Waals surface area contributed by atoms with Gasteiger partial charge in [-0.1, -0.05) is 70.9 Å². The van der Waals surface area contributed by atoms with Gasteiger partial charge in [0.15, 0.2) is 5.78 Å². The van der Waals surface area contributed by atoms with Gasteiger partial charge in [0, 0.05) is 16.7 Å². The van der Waals surface area contributed by atoms with Crippen molar-refractivity contribution < 1.29 is 4.79 Å². The number of carbonyl (C=O) groups is 1. The van der Waals surface area contributed by atoms with Gasteiger partial charge < -0.3 is 0 Å². The fourth-order valence-electron chi connectivity index (χ4n) is 3.06. The molecule has 1 aromatic heterocycles. The van der Waals surface area contributed by atoms with Crippen LogP contribution in [0.3, 0.4) is 0 Å². The molecule has 0 amide bonds. The van der Waals surface area contributed by atoms with Crippen LogP contribution in [0.5, 0.6) is 0 Å². The van der Waals surface area contributed by atoms with E-state index in [0.717, 1.165) is 16.8 Å². The van der Waals surface area contributed by atoms with Crippen molar-refractivity contribution in [2.45, 2.75) is 13.8 Å². The van der Waals surface area contributed by atoms with Gasteiger partial charge in [-0.2, -0.15) is 0 Å². The van der Waals surface area contributed by atoms with Gasteiger partial charge in [0.2, 0.25) is 0 Å². The summed E-state index contributed by atoms with van der Waals surface area (Å²) < 4.78 is 1.72. The minimum atomic E-state index is -0.0146. The summed E-state index contributed by atoms with van der Waals surface area (Å²) in [6.07, 6.45) is 1.85. The van der Waals surface area contributed by atoms with Crippen molar-refractivity contribution in [3.8, 4) is 16.9 Å². The molecule has 0 atom stereocenters. The second kappa shape index (κ2) is 7.00. The molecule has 0 unspecified atom stereocenters. The highest BCUT2D eigenvalue weighted by Crippen LogP contribution is 2.25. The number of nitrogens with zero attached hydrogens (tertiary/aromatic N) is 3. The van der Waals surface area contributed by atoms with Crippen molar-refractivity contribution in [1.82, 2.24) is 15.0 Å². The Hall–Kier alpha value is -3.53. The average Bonchev–Trinajstić information content (AvgIpc) is 3.18. The average molecular weight is 353 g/mol. The topological polar surface area (TPSA) is 47.8 Å². The molecular formula is C23H19N3O. The number of ketones is 1. The predicted octanol–water partition coefficient (Wildman–Crippen LogP) is 4.78. The molecule has 27 heavy (non-hydrogen) atoms. The molecule has 1 heterocycles. The lowest BCUT2D eigenvalue weighted by Gasteiger charge is -2.07. The molecule has 0 aliphatic carbocycles. The Morgan fingerprint density at radius 1 is 0.852 bits per heavy atom. The normalized spacial score (nSPS) is 10.7. The van der Waals surface area contributed by atoms with Gasteiger partial charge in [-0.25, -0.2) is 4.68 Å². The minimum Gasteiger partial charge on any atom is -0.289 e. The van der Waals surface area contributed by atoms with E-state index in [1.54, 1.807) is 4.68 Å². The first-order valence-corrected chi connectivity index (χ1v) is 8.82. The Bertz CT molecular complexity index is 1110. The molecule has 4 nitrogen and oxygen atoms in total. The first-order valence-electron chi connectivity index (χ1n) is 8.82. The van der Waals surface area contributed by atoms with E-state index in [2.05, 4.69) is 10.3 Å². The van der Waals surface area contributed by atoms with E-state index in [4.69, 9.17) is 0 Å². The summed E-state index contributed by atoms with van der Waals surface area (Å²) in [5.41, 5.74) is 5.93. The summed E-state index contributed by atoms with van der Waals surface area (Å²) in [5, 5.41) is 8.54. The maximum atomic E-state index is 13.1. The van der Waals surface area contributed by atoms with Crippen molar-refractivity contribution >= 4 is 5.78 Å². The Balaban J connectivity index is 1.73. The van der Waals surface area contributed by atoms with E-state index in [-0.39, 0.29) is 5.78 Å². The molecule has 0 saturated heterocycles. The monoisotopic (exact) mass is 353 g/mol. The number of rotatable bonds is 4. The van der Waals surface area contributed by atoms with Crippen LogP contribution < -0.4 is 0 Å². The third-order valence-corrected chi connectivity index (χ3v) is 4.52. The van der Waals surface area contributed by atoms with Gasteiger partial charge in [-0.05, 0) is 32.0 Å². The van der Waals surface area contributed by atoms with Crippen LogP contribution in [-0.4, -0.2) is 20.8 Å². The fraction of sp³-hybridized carbons (Fsp3) is 0.0870. The maximum absolute atomic E-state index is 13.1. The molecule has 4 rings (SSSR count). The maximum Gasteiger partial charge on any atom is 0.193 e. The van der Waals surface area contributed by atoms with E-state index in [1.165, 1.54) is 5.56 Å². The molecular weight excluding hydrogens is 334 g/mol. The first-order chi connectivity index (χ1) is 13.1. The predicted molar refractivity (Wildman–Crippen MR) is 106 cm³/mol. The smallest absolute Gasteiger partial charge is 0.193 e. The van der Waals surface area contributed by atoms with Crippen LogP contribution in [0.2, 0.25) is 0 Å². The minimum absolute atomic E-state index is 0.0146. The molecule has 0 N–H and O–H groups in total. The SMILES string of the molecule is Cc1ccc(-n2cc(-c3ccccc3C(=O)c3cccc(C)c3)nn2)cc1. The number of hydrogen-bond acceptors (Lipinski definition) is 3. The number of aromatic nitrogens is 3. The van der Waals surface area contributed by atoms with E-state index in [1.807, 2.05) is 92.8 Å². The lowest BCUT2D eigenvalue weighted by Crippen LogP contribution is -2.03. The van der Waals surface area contributed by atoms with Crippen molar-refractivity contribution in [3.63, 3.8) is 0 Å². The van der Waals surface area contributed by atoms with Crippen LogP contribution in [0, 0.1) is 13.8 Å². The molecule has 0 spiro atoms. The van der Waals surface area contributed by atoms with Crippen molar-refractivity contribution in [1.29, 1.82) is 0 Å². The fourth-order valence-corrected chi connectivity index (χ4v) is 3.06. The second-order valence-corrected chi connectivity index (χ2v) is 6.63. The lowest BCUT2D eigenvalue weighted by molar-refractivity contribution is 0.103. The third-order valence-electron chi connectivity index (χ3n) is 4.52. The lowest BCUT2D eigenvalue weighted by atomic mass is 9.96. The number of aryl methyl sites for hydroxylation is 2. The molecule has 3 aromatic carbocycles. The van der Waals surface area contributed by atoms with E-state index in [9.17, 15) is 4.79 Å². The molecule has 0 aliphatic rings. The van der Waals surface area contributed by atoms with E-state index >= 15 is 0 Å². The molecule has 0 aliphatic heterocycles. The summed E-state index contributed by atoms with van der Waals surface area (Å²) >= 11 is 0. The van der Waals surface area contributed by atoms with E-state index < -0.39 is 0 Å². The number of carbonyl (C=O) groups excluding carboxylic acids is 1. The third kappa shape index (κ3) is 3.42. The molecule has 132 valence electrons. The van der Waals surface area contributed by atoms with Crippen LogP contribution in [0.4, 0.5) is 0 Å². The standard InChI is InChI=1S/C23H19N3O/c1-16-10-12-19(13-11-16)26-15-22(24-25-26)20-8-3-4-9-21(20)23(27)18-7-5-6-17(2)14-18/h3-15H,1-2H3. The van der Waals surface area contributed by atoms with Crippen LogP contribution in [0.25, 0.3) is 16.9 Å². The largest absolute Gasteiger partial charge is 0.289 e. The molecule has 4 aromatic rings. The zero-order chi connectivity index (χ0) is 18.8. The molecule has 0 bridgehead atoms. The Morgan fingerprint density at radius 2 is 1.63 bits per heavy atom.